The Balaban J connectivity index is 2.04. The van der Waals surface area contributed by atoms with Crippen molar-refractivity contribution in [2.24, 2.45) is 0 Å². The van der Waals surface area contributed by atoms with E-state index in [0.29, 0.717) is 21.2 Å². The lowest BCUT2D eigenvalue weighted by Gasteiger charge is -2.26. The number of carboxylic acids is 1. The van der Waals surface area contributed by atoms with Crippen molar-refractivity contribution < 1.29 is 24.2 Å². The van der Waals surface area contributed by atoms with Crippen molar-refractivity contribution in [1.82, 2.24) is 14.1 Å². The van der Waals surface area contributed by atoms with Crippen LogP contribution < -0.4 is 11.2 Å². The van der Waals surface area contributed by atoms with Gasteiger partial charge < -0.3 is 19.4 Å². The number of nitrogens with zero attached hydrogens (tertiary/aromatic N) is 3. The third-order valence-corrected chi connectivity index (χ3v) is 7.77. The summed E-state index contributed by atoms with van der Waals surface area (Å²) in [5, 5.41) is 19.6. The van der Waals surface area contributed by atoms with E-state index in [0.717, 1.165) is 22.1 Å². The maximum Gasteiger partial charge on any atom is 0.333 e. The summed E-state index contributed by atoms with van der Waals surface area (Å²) in [6.45, 7) is 6.17. The molecule has 4 rings (SSSR count). The zero-order valence-corrected chi connectivity index (χ0v) is 21.9. The first-order chi connectivity index (χ1) is 17.6. The van der Waals surface area contributed by atoms with E-state index in [1.165, 1.54) is 42.2 Å². The van der Waals surface area contributed by atoms with Crippen LogP contribution >= 0.6 is 11.3 Å². The molecule has 0 aliphatic carbocycles. The maximum atomic E-state index is 13.9. The third kappa shape index (κ3) is 4.65. The molecule has 0 fully saturated rings. The lowest BCUT2D eigenvalue weighted by Crippen LogP contribution is -2.52. The maximum absolute atomic E-state index is 13.9. The van der Waals surface area contributed by atoms with Gasteiger partial charge in [-0.2, -0.15) is 0 Å². The number of aliphatic hydroxyl groups excluding tert-OH is 1. The second-order valence-electron chi connectivity index (χ2n) is 9.11. The SMILES string of the molecule is CCc1ccccc1C(Cn1c(=O)n(C(C)(C)C(=O)O)c(=O)c2c(C)c(-c3ncco3)sc21)OCCO. The monoisotopic (exact) mass is 527 g/mol. The smallest absolute Gasteiger partial charge is 0.333 e. The van der Waals surface area contributed by atoms with Crippen molar-refractivity contribution in [3.8, 4) is 10.8 Å². The minimum Gasteiger partial charge on any atom is -0.480 e. The van der Waals surface area contributed by atoms with Gasteiger partial charge in [0.25, 0.3) is 5.56 Å². The normalized spacial score (nSPS) is 12.8. The molecular weight excluding hydrogens is 498 g/mol. The number of fused-ring (bicyclic) bond motifs is 1. The number of aliphatic hydroxyl groups is 1. The highest BCUT2D eigenvalue weighted by Crippen LogP contribution is 2.36. The van der Waals surface area contributed by atoms with E-state index in [9.17, 15) is 24.6 Å². The van der Waals surface area contributed by atoms with Gasteiger partial charge in [-0.1, -0.05) is 31.2 Å². The minimum absolute atomic E-state index is 0.00664. The summed E-state index contributed by atoms with van der Waals surface area (Å²) >= 11 is 1.18. The first-order valence-corrected chi connectivity index (χ1v) is 12.7. The van der Waals surface area contributed by atoms with Crippen LogP contribution in [0.25, 0.3) is 21.0 Å². The van der Waals surface area contributed by atoms with Gasteiger partial charge in [-0.15, -0.1) is 11.3 Å². The molecule has 0 aliphatic heterocycles. The van der Waals surface area contributed by atoms with E-state index < -0.39 is 28.9 Å². The van der Waals surface area contributed by atoms with Gasteiger partial charge in [0, 0.05) is 0 Å². The molecule has 37 heavy (non-hydrogen) atoms. The van der Waals surface area contributed by atoms with Gasteiger partial charge in [0.05, 0.1) is 36.2 Å². The Bertz CT molecular complexity index is 1550. The molecule has 1 aromatic carbocycles. The van der Waals surface area contributed by atoms with Crippen molar-refractivity contribution in [2.75, 3.05) is 13.2 Å². The molecule has 4 aromatic rings. The summed E-state index contributed by atoms with van der Waals surface area (Å²) in [6.07, 6.45) is 2.98. The topological polar surface area (TPSA) is 137 Å². The highest BCUT2D eigenvalue weighted by atomic mass is 32.1. The van der Waals surface area contributed by atoms with E-state index in [-0.39, 0.29) is 25.1 Å². The number of benzene rings is 1. The number of carboxylic acid groups (broad SMARTS) is 1. The second kappa shape index (κ2) is 10.4. The fourth-order valence-corrected chi connectivity index (χ4v) is 5.65. The fourth-order valence-electron chi connectivity index (χ4n) is 4.41. The summed E-state index contributed by atoms with van der Waals surface area (Å²) in [5.74, 6) is -1.02. The Hall–Kier alpha value is -3.54. The average Bonchev–Trinajstić information content (AvgIpc) is 3.51. The Labute approximate surface area is 216 Å². The van der Waals surface area contributed by atoms with Crippen molar-refractivity contribution in [1.29, 1.82) is 0 Å². The number of hydrogen-bond acceptors (Lipinski definition) is 8. The predicted molar refractivity (Wildman–Crippen MR) is 139 cm³/mol. The van der Waals surface area contributed by atoms with Crippen LogP contribution in [0, 0.1) is 6.92 Å². The quantitative estimate of drug-likeness (QED) is 0.320. The molecule has 11 heteroatoms. The van der Waals surface area contributed by atoms with E-state index >= 15 is 0 Å². The van der Waals surface area contributed by atoms with Gasteiger partial charge in [-0.3, -0.25) is 9.36 Å². The Morgan fingerprint density at radius 1 is 1.27 bits per heavy atom. The number of aliphatic carboxylic acids is 1. The standard InChI is InChI=1S/C26H29N3O7S/c1-5-16-8-6-7-9-17(16)18(35-13-11-30)14-28-23-19(15(2)20(37-23)21-27-10-12-36-21)22(31)29(25(28)34)26(3,4)24(32)33/h6-10,12,18,30H,5,11,13-14H2,1-4H3,(H,32,33). The number of oxazole rings is 1. The fraction of sp³-hybridized carbons (Fsp3) is 0.385. The molecule has 196 valence electrons. The average molecular weight is 528 g/mol. The molecule has 1 atom stereocenters. The van der Waals surface area contributed by atoms with Gasteiger partial charge >= 0.3 is 11.7 Å². The molecular formula is C26H29N3O7S. The van der Waals surface area contributed by atoms with E-state index in [1.54, 1.807) is 6.92 Å². The highest BCUT2D eigenvalue weighted by Gasteiger charge is 2.36. The van der Waals surface area contributed by atoms with Crippen molar-refractivity contribution >= 4 is 27.5 Å². The molecule has 0 saturated heterocycles. The van der Waals surface area contributed by atoms with Gasteiger partial charge in [0.2, 0.25) is 5.89 Å². The summed E-state index contributed by atoms with van der Waals surface area (Å²) in [6, 6.07) is 7.65. The molecule has 3 heterocycles. The summed E-state index contributed by atoms with van der Waals surface area (Å²) in [7, 11) is 0. The van der Waals surface area contributed by atoms with Crippen LogP contribution in [0.15, 0.2) is 50.7 Å². The first kappa shape index (κ1) is 26.5. The highest BCUT2D eigenvalue weighted by molar-refractivity contribution is 7.22. The zero-order valence-electron chi connectivity index (χ0n) is 21.1. The number of carbonyl (C=O) groups is 1. The largest absolute Gasteiger partial charge is 0.480 e. The number of aryl methyl sites for hydroxylation is 2. The zero-order chi connectivity index (χ0) is 26.9. The van der Waals surface area contributed by atoms with Gasteiger partial charge in [-0.05, 0) is 43.9 Å². The molecule has 1 unspecified atom stereocenters. The molecule has 0 aliphatic rings. The van der Waals surface area contributed by atoms with E-state index in [1.807, 2.05) is 31.2 Å². The molecule has 0 saturated carbocycles. The van der Waals surface area contributed by atoms with Crippen LogP contribution in [-0.2, 0) is 28.0 Å². The Morgan fingerprint density at radius 3 is 2.62 bits per heavy atom. The van der Waals surface area contributed by atoms with Crippen molar-refractivity contribution in [3.63, 3.8) is 0 Å². The Morgan fingerprint density at radius 2 is 2.00 bits per heavy atom. The van der Waals surface area contributed by atoms with Crippen LogP contribution in [0.2, 0.25) is 0 Å². The number of aromatic nitrogens is 3. The van der Waals surface area contributed by atoms with Crippen LogP contribution in [-0.4, -0.2) is 43.5 Å². The number of hydrogen-bond donors (Lipinski definition) is 2. The first-order valence-electron chi connectivity index (χ1n) is 11.9. The van der Waals surface area contributed by atoms with Crippen LogP contribution in [0.1, 0.15) is 43.6 Å². The molecule has 0 bridgehead atoms. The number of rotatable bonds is 10. The van der Waals surface area contributed by atoms with Crippen molar-refractivity contribution in [2.45, 2.75) is 52.3 Å². The predicted octanol–water partition coefficient (Wildman–Crippen LogP) is 3.32. The summed E-state index contributed by atoms with van der Waals surface area (Å²) in [4.78, 5) is 44.8. The second-order valence-corrected chi connectivity index (χ2v) is 10.1. The van der Waals surface area contributed by atoms with Gasteiger partial charge in [-0.25, -0.2) is 19.1 Å². The number of ether oxygens (including phenoxy) is 1. The third-order valence-electron chi connectivity index (χ3n) is 6.46. The minimum atomic E-state index is -1.82. The van der Waals surface area contributed by atoms with E-state index in [4.69, 9.17) is 9.15 Å². The molecule has 0 spiro atoms. The number of thiophene rings is 1. The van der Waals surface area contributed by atoms with Gasteiger partial charge in [0.15, 0.2) is 0 Å². The van der Waals surface area contributed by atoms with Crippen LogP contribution in [0.4, 0.5) is 0 Å². The molecule has 3 aromatic heterocycles. The van der Waals surface area contributed by atoms with Crippen molar-refractivity contribution in [3.05, 3.63) is 74.3 Å². The summed E-state index contributed by atoms with van der Waals surface area (Å²) < 4.78 is 13.6. The molecule has 0 radical (unpaired) electrons. The lowest BCUT2D eigenvalue weighted by molar-refractivity contribution is -0.146. The molecule has 0 amide bonds. The van der Waals surface area contributed by atoms with Crippen LogP contribution in [0.3, 0.4) is 0 Å². The van der Waals surface area contributed by atoms with E-state index in [2.05, 4.69) is 4.98 Å². The van der Waals surface area contributed by atoms with Gasteiger partial charge in [0.1, 0.15) is 22.7 Å². The Kier molecular flexibility index (Phi) is 7.49. The molecule has 10 nitrogen and oxygen atoms in total. The lowest BCUT2D eigenvalue weighted by atomic mass is 10.00. The summed E-state index contributed by atoms with van der Waals surface area (Å²) in [5.41, 5.74) is -0.886. The van der Waals surface area contributed by atoms with Crippen LogP contribution in [0.5, 0.6) is 0 Å². The molecule has 2 N–H and O–H groups in total.